The molecular formula is C19H18N2O4. The Bertz CT molecular complexity index is 889. The van der Waals surface area contributed by atoms with Gasteiger partial charge in [-0.15, -0.1) is 0 Å². The maximum absolute atomic E-state index is 12.6. The van der Waals surface area contributed by atoms with Crippen LogP contribution < -0.4 is 0 Å². The highest BCUT2D eigenvalue weighted by Gasteiger charge is 2.37. The zero-order chi connectivity index (χ0) is 17.8. The summed E-state index contributed by atoms with van der Waals surface area (Å²) in [7, 11) is 1.30. The summed E-state index contributed by atoms with van der Waals surface area (Å²) >= 11 is 0. The molecule has 0 bridgehead atoms. The van der Waals surface area contributed by atoms with Gasteiger partial charge in [-0.2, -0.15) is 0 Å². The normalized spacial score (nSPS) is 13.3. The van der Waals surface area contributed by atoms with Crippen molar-refractivity contribution in [2.24, 2.45) is 0 Å². The van der Waals surface area contributed by atoms with E-state index in [9.17, 15) is 14.9 Å². The van der Waals surface area contributed by atoms with E-state index in [1.54, 1.807) is 18.3 Å². The van der Waals surface area contributed by atoms with Gasteiger partial charge in [0.2, 0.25) is 6.54 Å². The highest BCUT2D eigenvalue weighted by molar-refractivity contribution is 5.90. The molecule has 2 atom stereocenters. The Morgan fingerprint density at radius 3 is 2.52 bits per heavy atom. The van der Waals surface area contributed by atoms with Crippen LogP contribution in [0, 0.1) is 10.1 Å². The van der Waals surface area contributed by atoms with Crippen LogP contribution >= 0.6 is 0 Å². The summed E-state index contributed by atoms with van der Waals surface area (Å²) in [4.78, 5) is 26.6. The third kappa shape index (κ3) is 3.38. The second-order valence-corrected chi connectivity index (χ2v) is 5.82. The van der Waals surface area contributed by atoms with Gasteiger partial charge in [-0.25, -0.2) is 0 Å². The van der Waals surface area contributed by atoms with Gasteiger partial charge >= 0.3 is 5.97 Å². The highest BCUT2D eigenvalue weighted by atomic mass is 16.6. The molecule has 0 saturated carbocycles. The molecule has 0 radical (unpaired) electrons. The van der Waals surface area contributed by atoms with Crippen molar-refractivity contribution in [2.45, 2.75) is 11.8 Å². The van der Waals surface area contributed by atoms with Gasteiger partial charge in [0.15, 0.2) is 0 Å². The maximum atomic E-state index is 12.6. The number of rotatable bonds is 6. The van der Waals surface area contributed by atoms with Gasteiger partial charge in [-0.1, -0.05) is 48.5 Å². The number of methoxy groups -OCH3 is 1. The van der Waals surface area contributed by atoms with Crippen molar-refractivity contribution >= 4 is 16.9 Å². The summed E-state index contributed by atoms with van der Waals surface area (Å²) in [6, 6.07) is 16.6. The summed E-state index contributed by atoms with van der Waals surface area (Å²) in [5.74, 6) is -1.88. The highest BCUT2D eigenvalue weighted by Crippen LogP contribution is 2.37. The molecule has 128 valence electrons. The van der Waals surface area contributed by atoms with Crippen molar-refractivity contribution in [3.8, 4) is 0 Å². The van der Waals surface area contributed by atoms with Crippen LogP contribution in [-0.2, 0) is 9.53 Å². The van der Waals surface area contributed by atoms with Crippen LogP contribution in [0.25, 0.3) is 10.9 Å². The smallest absolute Gasteiger partial charge is 0.314 e. The second kappa shape index (κ2) is 7.17. The Morgan fingerprint density at radius 2 is 1.84 bits per heavy atom. The Kier molecular flexibility index (Phi) is 4.79. The van der Waals surface area contributed by atoms with Crippen molar-refractivity contribution < 1.29 is 14.5 Å². The van der Waals surface area contributed by atoms with E-state index in [-0.39, 0.29) is 11.5 Å². The molecule has 0 amide bonds. The summed E-state index contributed by atoms with van der Waals surface area (Å²) in [5.41, 5.74) is 2.32. The number of carbonyl (C=O) groups excluding carboxylic acids is 1. The van der Waals surface area contributed by atoms with E-state index < -0.39 is 17.8 Å². The summed E-state index contributed by atoms with van der Waals surface area (Å²) in [5, 5.41) is 12.1. The molecule has 6 heteroatoms. The molecule has 25 heavy (non-hydrogen) atoms. The van der Waals surface area contributed by atoms with Crippen molar-refractivity contribution in [2.75, 3.05) is 13.7 Å². The first kappa shape index (κ1) is 16.7. The zero-order valence-electron chi connectivity index (χ0n) is 13.7. The van der Waals surface area contributed by atoms with Crippen LogP contribution in [0.4, 0.5) is 0 Å². The van der Waals surface area contributed by atoms with Gasteiger partial charge in [-0.05, 0) is 17.2 Å². The molecule has 2 unspecified atom stereocenters. The molecule has 2 aromatic carbocycles. The lowest BCUT2D eigenvalue weighted by Gasteiger charge is -2.22. The number of benzene rings is 2. The van der Waals surface area contributed by atoms with Gasteiger partial charge in [-0.3, -0.25) is 14.9 Å². The molecule has 1 N–H and O–H groups in total. The van der Waals surface area contributed by atoms with Gasteiger partial charge in [0, 0.05) is 22.0 Å². The third-order valence-corrected chi connectivity index (χ3v) is 4.39. The van der Waals surface area contributed by atoms with Gasteiger partial charge in [0.25, 0.3) is 0 Å². The van der Waals surface area contributed by atoms with Crippen molar-refractivity contribution in [1.29, 1.82) is 0 Å². The van der Waals surface area contributed by atoms with Crippen LogP contribution in [0.2, 0.25) is 0 Å². The minimum atomic E-state index is -0.769. The molecule has 0 spiro atoms. The Labute approximate surface area is 144 Å². The minimum Gasteiger partial charge on any atom is -0.469 e. The van der Waals surface area contributed by atoms with Crippen molar-refractivity contribution in [1.82, 2.24) is 4.98 Å². The van der Waals surface area contributed by atoms with Crippen LogP contribution in [0.5, 0.6) is 0 Å². The Balaban J connectivity index is 2.15. The molecule has 1 heterocycles. The van der Waals surface area contributed by atoms with E-state index in [1.165, 1.54) is 7.11 Å². The standard InChI is InChI=1S/C19H18N2O4/c1-25-19(22)18(15-11-20-17-10-6-5-9-14(15)17)16(12-21(23)24)13-7-3-2-4-8-13/h2-11,16,18,20H,12H2,1H3. The van der Waals surface area contributed by atoms with Crippen LogP contribution in [0.1, 0.15) is 23.0 Å². The third-order valence-electron chi connectivity index (χ3n) is 4.39. The number of H-pyrrole nitrogens is 1. The predicted octanol–water partition coefficient (Wildman–Crippen LogP) is 3.49. The lowest BCUT2D eigenvalue weighted by molar-refractivity contribution is -0.483. The topological polar surface area (TPSA) is 85.2 Å². The molecule has 0 aliphatic heterocycles. The number of ether oxygens (including phenoxy) is 1. The zero-order valence-corrected chi connectivity index (χ0v) is 13.7. The second-order valence-electron chi connectivity index (χ2n) is 5.82. The average Bonchev–Trinajstić information content (AvgIpc) is 3.05. The van der Waals surface area contributed by atoms with E-state index in [4.69, 9.17) is 4.74 Å². The van der Waals surface area contributed by atoms with Gasteiger partial charge < -0.3 is 9.72 Å². The Hall–Kier alpha value is -3.15. The van der Waals surface area contributed by atoms with Gasteiger partial charge in [0.1, 0.15) is 0 Å². The number of para-hydroxylation sites is 1. The number of esters is 1. The number of nitro groups is 1. The summed E-state index contributed by atoms with van der Waals surface area (Å²) < 4.78 is 4.99. The first-order valence-electron chi connectivity index (χ1n) is 7.92. The quantitative estimate of drug-likeness (QED) is 0.423. The average molecular weight is 338 g/mol. The number of hydrogen-bond acceptors (Lipinski definition) is 4. The number of aromatic nitrogens is 1. The number of aromatic amines is 1. The lowest BCUT2D eigenvalue weighted by Crippen LogP contribution is -2.27. The number of fused-ring (bicyclic) bond motifs is 1. The predicted molar refractivity (Wildman–Crippen MR) is 94.1 cm³/mol. The van der Waals surface area contributed by atoms with Crippen molar-refractivity contribution in [3.63, 3.8) is 0 Å². The molecule has 3 rings (SSSR count). The molecule has 1 aromatic heterocycles. The van der Waals surface area contributed by atoms with E-state index in [1.807, 2.05) is 42.5 Å². The molecule has 0 aliphatic rings. The van der Waals surface area contributed by atoms with E-state index in [0.29, 0.717) is 5.56 Å². The molecule has 0 aliphatic carbocycles. The summed E-state index contributed by atoms with van der Waals surface area (Å²) in [6.45, 7) is -0.358. The summed E-state index contributed by atoms with van der Waals surface area (Å²) in [6.07, 6.45) is 1.74. The largest absolute Gasteiger partial charge is 0.469 e. The number of nitrogens with one attached hydrogen (secondary N) is 1. The SMILES string of the molecule is COC(=O)C(c1c[nH]c2ccccc12)C(C[N+](=O)[O-])c1ccccc1. The van der Waals surface area contributed by atoms with Crippen LogP contribution in [0.3, 0.4) is 0 Å². The number of hydrogen-bond donors (Lipinski definition) is 1. The Morgan fingerprint density at radius 1 is 1.16 bits per heavy atom. The first-order chi connectivity index (χ1) is 12.1. The molecule has 6 nitrogen and oxygen atoms in total. The number of carbonyl (C=O) groups is 1. The molecule has 0 saturated heterocycles. The fourth-order valence-corrected chi connectivity index (χ4v) is 3.25. The maximum Gasteiger partial charge on any atom is 0.314 e. The van der Waals surface area contributed by atoms with E-state index >= 15 is 0 Å². The fraction of sp³-hybridized carbons (Fsp3) is 0.211. The van der Waals surface area contributed by atoms with Gasteiger partial charge in [0.05, 0.1) is 18.9 Å². The minimum absolute atomic E-state index is 0.358. The monoisotopic (exact) mass is 338 g/mol. The molecular weight excluding hydrogens is 320 g/mol. The van der Waals surface area contributed by atoms with E-state index in [2.05, 4.69) is 4.98 Å². The first-order valence-corrected chi connectivity index (χ1v) is 7.92. The number of nitrogens with zero attached hydrogens (tertiary/aromatic N) is 1. The molecule has 0 fully saturated rings. The fourth-order valence-electron chi connectivity index (χ4n) is 3.25. The van der Waals surface area contributed by atoms with Crippen molar-refractivity contribution in [3.05, 3.63) is 82.0 Å². The van der Waals surface area contributed by atoms with E-state index in [0.717, 1.165) is 16.5 Å². The van der Waals surface area contributed by atoms with Crippen LogP contribution in [0.15, 0.2) is 60.8 Å². The van der Waals surface area contributed by atoms with Crippen LogP contribution in [-0.4, -0.2) is 29.5 Å². The molecule has 3 aromatic rings. The lowest BCUT2D eigenvalue weighted by atomic mass is 9.81.